The molecule has 0 atom stereocenters. The van der Waals surface area contributed by atoms with E-state index in [0.29, 0.717) is 29.7 Å². The smallest absolute Gasteiger partial charge is 0.338 e. The molecule has 4 nitrogen and oxygen atoms in total. The van der Waals surface area contributed by atoms with Gasteiger partial charge in [0.1, 0.15) is 0 Å². The number of aryl methyl sites for hydroxylation is 2. The van der Waals surface area contributed by atoms with Gasteiger partial charge in [0.2, 0.25) is 0 Å². The van der Waals surface area contributed by atoms with Crippen molar-refractivity contribution in [1.82, 2.24) is 0 Å². The minimum absolute atomic E-state index is 0.0109. The van der Waals surface area contributed by atoms with Crippen molar-refractivity contribution in [3.63, 3.8) is 0 Å². The van der Waals surface area contributed by atoms with Crippen molar-refractivity contribution in [2.75, 3.05) is 6.61 Å². The highest BCUT2D eigenvalue weighted by Crippen LogP contribution is 2.29. The monoisotopic (exact) mass is 304 g/mol. The summed E-state index contributed by atoms with van der Waals surface area (Å²) in [4.78, 5) is 12.0. The van der Waals surface area contributed by atoms with E-state index >= 15 is 0 Å². The van der Waals surface area contributed by atoms with Crippen LogP contribution < -0.4 is 0 Å². The number of ether oxygens (including phenoxy) is 1. The van der Waals surface area contributed by atoms with Gasteiger partial charge in [-0.05, 0) is 43.9 Å². The van der Waals surface area contributed by atoms with Gasteiger partial charge in [0, 0.05) is 10.7 Å². The highest BCUT2D eigenvalue weighted by atomic mass is 35.7. The first-order chi connectivity index (χ1) is 8.70. The van der Waals surface area contributed by atoms with Gasteiger partial charge >= 0.3 is 5.97 Å². The average Bonchev–Trinajstić information content (AvgIpc) is 2.23. The Morgan fingerprint density at radius 3 is 2.32 bits per heavy atom. The molecular formula is C13H17ClO4S. The van der Waals surface area contributed by atoms with E-state index in [9.17, 15) is 13.2 Å². The van der Waals surface area contributed by atoms with Gasteiger partial charge in [-0.2, -0.15) is 0 Å². The standard InChI is InChI=1S/C13H17ClO4S/c1-5-6-18-13(15)11-8(2)7-9(3)12(10(11)4)19(14,16)17/h7H,5-6H2,1-4H3. The van der Waals surface area contributed by atoms with Crippen molar-refractivity contribution in [3.8, 4) is 0 Å². The van der Waals surface area contributed by atoms with E-state index in [1.807, 2.05) is 6.92 Å². The van der Waals surface area contributed by atoms with E-state index in [4.69, 9.17) is 15.4 Å². The third-order valence-electron chi connectivity index (χ3n) is 2.79. The van der Waals surface area contributed by atoms with Crippen molar-refractivity contribution in [3.05, 3.63) is 28.3 Å². The maximum atomic E-state index is 12.0. The minimum atomic E-state index is -3.89. The van der Waals surface area contributed by atoms with E-state index in [2.05, 4.69) is 0 Å². The summed E-state index contributed by atoms with van der Waals surface area (Å²) in [7, 11) is 1.53. The molecule has 1 rings (SSSR count). The summed E-state index contributed by atoms with van der Waals surface area (Å²) in [6.45, 7) is 7.15. The molecule has 19 heavy (non-hydrogen) atoms. The van der Waals surface area contributed by atoms with Crippen molar-refractivity contribution in [2.24, 2.45) is 0 Å². The number of carbonyl (C=O) groups excluding carboxylic acids is 1. The van der Waals surface area contributed by atoms with Crippen molar-refractivity contribution < 1.29 is 17.9 Å². The Balaban J connectivity index is 3.46. The van der Waals surface area contributed by atoms with Crippen LogP contribution in [0, 0.1) is 20.8 Å². The fourth-order valence-corrected chi connectivity index (χ4v) is 3.75. The molecule has 0 radical (unpaired) electrons. The Labute approximate surface area is 118 Å². The molecule has 106 valence electrons. The van der Waals surface area contributed by atoms with Crippen LogP contribution in [0.25, 0.3) is 0 Å². The third-order valence-corrected chi connectivity index (χ3v) is 4.37. The zero-order valence-electron chi connectivity index (χ0n) is 11.4. The summed E-state index contributed by atoms with van der Waals surface area (Å²) in [6.07, 6.45) is 0.705. The van der Waals surface area contributed by atoms with Gasteiger partial charge in [0.25, 0.3) is 9.05 Å². The second-order valence-electron chi connectivity index (χ2n) is 4.41. The third kappa shape index (κ3) is 3.48. The first-order valence-electron chi connectivity index (χ1n) is 5.92. The van der Waals surface area contributed by atoms with Crippen molar-refractivity contribution in [1.29, 1.82) is 0 Å². The number of rotatable bonds is 4. The van der Waals surface area contributed by atoms with Crippen LogP contribution in [-0.2, 0) is 13.8 Å². The van der Waals surface area contributed by atoms with Crippen molar-refractivity contribution in [2.45, 2.75) is 39.0 Å². The number of carbonyl (C=O) groups is 1. The molecule has 0 unspecified atom stereocenters. The highest BCUT2D eigenvalue weighted by molar-refractivity contribution is 8.13. The fraction of sp³-hybridized carbons (Fsp3) is 0.462. The molecule has 0 aromatic heterocycles. The Bertz CT molecular complexity index is 606. The van der Waals surface area contributed by atoms with Crippen LogP contribution in [0.15, 0.2) is 11.0 Å². The van der Waals surface area contributed by atoms with Gasteiger partial charge in [-0.3, -0.25) is 0 Å². The van der Waals surface area contributed by atoms with Crippen LogP contribution in [0.1, 0.15) is 40.4 Å². The number of benzene rings is 1. The molecule has 0 saturated carbocycles. The van der Waals surface area contributed by atoms with E-state index in [0.717, 1.165) is 0 Å². The molecule has 1 aromatic carbocycles. The molecule has 0 spiro atoms. The van der Waals surface area contributed by atoms with Crippen LogP contribution in [0.5, 0.6) is 0 Å². The first kappa shape index (κ1) is 16.0. The molecule has 6 heteroatoms. The molecule has 0 aliphatic carbocycles. The molecule has 0 aliphatic heterocycles. The number of hydrogen-bond acceptors (Lipinski definition) is 4. The second kappa shape index (κ2) is 5.92. The Morgan fingerprint density at radius 2 is 1.84 bits per heavy atom. The molecule has 0 aliphatic rings. The maximum Gasteiger partial charge on any atom is 0.338 e. The van der Waals surface area contributed by atoms with Gasteiger partial charge in [-0.1, -0.05) is 13.0 Å². The quantitative estimate of drug-likeness (QED) is 0.633. The fourth-order valence-electron chi connectivity index (χ4n) is 2.12. The van der Waals surface area contributed by atoms with E-state index < -0.39 is 15.0 Å². The SMILES string of the molecule is CCCOC(=O)c1c(C)cc(C)c(S(=O)(=O)Cl)c1C. The van der Waals surface area contributed by atoms with Crippen LogP contribution in [-0.4, -0.2) is 21.0 Å². The van der Waals surface area contributed by atoms with Gasteiger partial charge in [0.15, 0.2) is 0 Å². The Morgan fingerprint density at radius 1 is 1.26 bits per heavy atom. The predicted molar refractivity (Wildman–Crippen MR) is 74.3 cm³/mol. The molecule has 0 N–H and O–H groups in total. The van der Waals surface area contributed by atoms with Crippen molar-refractivity contribution >= 4 is 25.7 Å². The lowest BCUT2D eigenvalue weighted by Gasteiger charge is -2.14. The molecule has 0 saturated heterocycles. The Hall–Kier alpha value is -1.07. The van der Waals surface area contributed by atoms with Gasteiger partial charge in [0.05, 0.1) is 17.1 Å². The summed E-state index contributed by atoms with van der Waals surface area (Å²) < 4.78 is 28.2. The lowest BCUT2D eigenvalue weighted by atomic mass is 10.00. The molecule has 0 fully saturated rings. The topological polar surface area (TPSA) is 60.4 Å². The maximum absolute atomic E-state index is 12.0. The van der Waals surface area contributed by atoms with Gasteiger partial charge in [-0.25, -0.2) is 13.2 Å². The summed E-state index contributed by atoms with van der Waals surface area (Å²) >= 11 is 0. The summed E-state index contributed by atoms with van der Waals surface area (Å²) in [6, 6.07) is 1.63. The van der Waals surface area contributed by atoms with Gasteiger partial charge < -0.3 is 4.74 Å². The summed E-state index contributed by atoms with van der Waals surface area (Å²) in [5, 5.41) is 0. The predicted octanol–water partition coefficient (Wildman–Crippen LogP) is 3.11. The van der Waals surface area contributed by atoms with Crippen LogP contribution >= 0.6 is 10.7 Å². The molecule has 0 heterocycles. The van der Waals surface area contributed by atoms with E-state index in [-0.39, 0.29) is 10.5 Å². The van der Waals surface area contributed by atoms with Crippen LogP contribution in [0.3, 0.4) is 0 Å². The second-order valence-corrected chi connectivity index (χ2v) is 6.92. The van der Waals surface area contributed by atoms with E-state index in [1.165, 1.54) is 0 Å². The average molecular weight is 305 g/mol. The largest absolute Gasteiger partial charge is 0.462 e. The van der Waals surface area contributed by atoms with Gasteiger partial charge in [-0.15, -0.1) is 0 Å². The lowest BCUT2D eigenvalue weighted by molar-refractivity contribution is 0.0503. The highest BCUT2D eigenvalue weighted by Gasteiger charge is 2.24. The molecular weight excluding hydrogens is 288 g/mol. The Kier molecular flexibility index (Phi) is 4.98. The molecule has 0 bridgehead atoms. The zero-order valence-corrected chi connectivity index (χ0v) is 13.0. The minimum Gasteiger partial charge on any atom is -0.462 e. The first-order valence-corrected chi connectivity index (χ1v) is 8.23. The van der Waals surface area contributed by atoms with Crippen LogP contribution in [0.4, 0.5) is 0 Å². The number of esters is 1. The zero-order chi connectivity index (χ0) is 14.8. The summed E-state index contributed by atoms with van der Waals surface area (Å²) in [5.74, 6) is -0.515. The normalized spacial score (nSPS) is 11.4. The number of hydrogen-bond donors (Lipinski definition) is 0. The number of halogens is 1. The molecule has 1 aromatic rings. The lowest BCUT2D eigenvalue weighted by Crippen LogP contribution is -2.13. The summed E-state index contributed by atoms with van der Waals surface area (Å²) in [5.41, 5.74) is 1.82. The molecule has 0 amide bonds. The van der Waals surface area contributed by atoms with Crippen LogP contribution in [0.2, 0.25) is 0 Å². The van der Waals surface area contributed by atoms with E-state index in [1.54, 1.807) is 26.8 Å².